The van der Waals surface area contributed by atoms with Gasteiger partial charge in [0.15, 0.2) is 11.6 Å². The van der Waals surface area contributed by atoms with E-state index >= 15 is 0 Å². The fourth-order valence-corrected chi connectivity index (χ4v) is 4.46. The second-order valence-electron chi connectivity index (χ2n) is 8.27. The molecule has 27 heavy (non-hydrogen) atoms. The monoisotopic (exact) mass is 382 g/mol. The maximum absolute atomic E-state index is 12.7. The van der Waals surface area contributed by atoms with Crippen LogP contribution in [0.15, 0.2) is 60.7 Å². The number of rotatable bonds is 10. The minimum absolute atomic E-state index is 0.197. The van der Waals surface area contributed by atoms with Crippen molar-refractivity contribution in [3.8, 4) is 0 Å². The Bertz CT molecular complexity index is 683. The number of thioether (sulfide) groups is 1. The highest BCUT2D eigenvalue weighted by Gasteiger charge is 2.29. The van der Waals surface area contributed by atoms with E-state index in [0.717, 1.165) is 35.5 Å². The summed E-state index contributed by atoms with van der Waals surface area (Å²) in [4.78, 5) is 25.4. The lowest BCUT2D eigenvalue weighted by Crippen LogP contribution is -2.26. The summed E-state index contributed by atoms with van der Waals surface area (Å²) in [5.41, 5.74) is 0.817. The van der Waals surface area contributed by atoms with Crippen LogP contribution in [-0.4, -0.2) is 23.1 Å². The molecule has 3 heteroatoms. The van der Waals surface area contributed by atoms with Crippen molar-refractivity contribution in [2.75, 3.05) is 11.5 Å². The third kappa shape index (κ3) is 6.07. The summed E-state index contributed by atoms with van der Waals surface area (Å²) in [7, 11) is 0. The maximum Gasteiger partial charge on any atom is 0.168 e. The quantitative estimate of drug-likeness (QED) is 0.356. The summed E-state index contributed by atoms with van der Waals surface area (Å²) in [6, 6.07) is 19.0. The molecule has 0 bridgehead atoms. The highest BCUT2D eigenvalue weighted by atomic mass is 32.2. The highest BCUT2D eigenvalue weighted by molar-refractivity contribution is 7.99. The van der Waals surface area contributed by atoms with E-state index in [9.17, 15) is 9.59 Å². The van der Waals surface area contributed by atoms with Crippen molar-refractivity contribution in [2.45, 2.75) is 40.5 Å². The maximum atomic E-state index is 12.7. The molecular formula is C24H30O2S. The molecule has 2 nitrogen and oxygen atoms in total. The molecule has 0 N–H and O–H groups in total. The van der Waals surface area contributed by atoms with E-state index in [1.807, 2.05) is 100 Å². The van der Waals surface area contributed by atoms with Crippen LogP contribution in [0.5, 0.6) is 0 Å². The van der Waals surface area contributed by atoms with Gasteiger partial charge in [-0.05, 0) is 24.3 Å². The molecule has 0 unspecified atom stereocenters. The van der Waals surface area contributed by atoms with Gasteiger partial charge in [0.2, 0.25) is 0 Å². The van der Waals surface area contributed by atoms with Gasteiger partial charge in [-0.3, -0.25) is 9.59 Å². The number of hydrogen-bond donors (Lipinski definition) is 0. The molecule has 2 aromatic rings. The predicted molar refractivity (Wildman–Crippen MR) is 116 cm³/mol. The zero-order valence-corrected chi connectivity index (χ0v) is 17.6. The van der Waals surface area contributed by atoms with E-state index in [4.69, 9.17) is 0 Å². The van der Waals surface area contributed by atoms with Crippen molar-refractivity contribution in [3.63, 3.8) is 0 Å². The molecule has 0 aliphatic rings. The molecule has 0 saturated carbocycles. The van der Waals surface area contributed by atoms with Crippen molar-refractivity contribution < 1.29 is 9.59 Å². The van der Waals surface area contributed by atoms with Gasteiger partial charge in [-0.1, -0.05) is 88.4 Å². The normalized spacial score (nSPS) is 12.0. The van der Waals surface area contributed by atoms with Crippen molar-refractivity contribution in [3.05, 3.63) is 71.8 Å². The van der Waals surface area contributed by atoms with Gasteiger partial charge in [-0.25, -0.2) is 0 Å². The zero-order valence-electron chi connectivity index (χ0n) is 16.8. The summed E-state index contributed by atoms with van der Waals surface area (Å²) < 4.78 is 0. The van der Waals surface area contributed by atoms with E-state index in [1.54, 1.807) is 0 Å². The average molecular weight is 383 g/mol. The second kappa shape index (κ2) is 9.36. The molecule has 0 heterocycles. The summed E-state index contributed by atoms with van der Waals surface area (Å²) in [5.74, 6) is 2.23. The van der Waals surface area contributed by atoms with Crippen LogP contribution >= 0.6 is 11.8 Å². The number of benzene rings is 2. The minimum atomic E-state index is -0.371. The summed E-state index contributed by atoms with van der Waals surface area (Å²) in [6.45, 7) is 8.08. The van der Waals surface area contributed by atoms with Gasteiger partial charge in [0.1, 0.15) is 0 Å². The molecule has 0 spiro atoms. The Labute approximate surface area is 167 Å². The van der Waals surface area contributed by atoms with Crippen LogP contribution in [0, 0.1) is 10.8 Å². The Morgan fingerprint density at radius 1 is 0.667 bits per heavy atom. The molecular weight excluding hydrogens is 352 g/mol. The van der Waals surface area contributed by atoms with Gasteiger partial charge in [-0.15, -0.1) is 0 Å². The molecule has 0 amide bonds. The molecule has 0 saturated heterocycles. The summed E-state index contributed by atoms with van der Waals surface area (Å²) in [6.07, 6.45) is 1.66. The standard InChI is InChI=1S/C24H30O2S/c1-23(2,21(25)19-11-7-5-8-12-19)15-17-27-18-16-24(3,4)22(26)20-13-9-6-10-14-20/h5-14H,15-18H2,1-4H3. The Balaban J connectivity index is 1.79. The van der Waals surface area contributed by atoms with Crippen LogP contribution in [0.2, 0.25) is 0 Å². The molecule has 2 aromatic carbocycles. The average Bonchev–Trinajstić information content (AvgIpc) is 2.67. The lowest BCUT2D eigenvalue weighted by molar-refractivity contribution is 0.0830. The fraction of sp³-hybridized carbons (Fsp3) is 0.417. The van der Waals surface area contributed by atoms with Crippen LogP contribution in [-0.2, 0) is 0 Å². The van der Waals surface area contributed by atoms with Crippen LogP contribution < -0.4 is 0 Å². The number of ketones is 2. The Morgan fingerprint density at radius 3 is 1.33 bits per heavy atom. The smallest absolute Gasteiger partial charge is 0.168 e. The van der Waals surface area contributed by atoms with E-state index in [1.165, 1.54) is 0 Å². The van der Waals surface area contributed by atoms with E-state index < -0.39 is 0 Å². The molecule has 0 atom stereocenters. The molecule has 144 valence electrons. The van der Waals surface area contributed by atoms with Crippen molar-refractivity contribution in [1.29, 1.82) is 0 Å². The van der Waals surface area contributed by atoms with Crippen LogP contribution in [0.4, 0.5) is 0 Å². The second-order valence-corrected chi connectivity index (χ2v) is 9.50. The number of carbonyl (C=O) groups excluding carboxylic acids is 2. The first-order valence-corrected chi connectivity index (χ1v) is 10.7. The molecule has 0 fully saturated rings. The number of Topliss-reactive ketones (excluding diaryl/α,β-unsaturated/α-hetero) is 2. The van der Waals surface area contributed by atoms with Crippen LogP contribution in [0.3, 0.4) is 0 Å². The fourth-order valence-electron chi connectivity index (χ4n) is 2.94. The van der Waals surface area contributed by atoms with Gasteiger partial charge in [0.25, 0.3) is 0 Å². The zero-order chi connectivity index (χ0) is 19.9. The minimum Gasteiger partial charge on any atom is -0.294 e. The SMILES string of the molecule is CC(C)(CCSCCC(C)(C)C(=O)c1ccccc1)C(=O)c1ccccc1. The van der Waals surface area contributed by atoms with Crippen LogP contribution in [0.25, 0.3) is 0 Å². The number of carbonyl (C=O) groups is 2. The largest absolute Gasteiger partial charge is 0.294 e. The molecule has 0 aromatic heterocycles. The van der Waals surface area contributed by atoms with Crippen molar-refractivity contribution in [2.24, 2.45) is 10.8 Å². The van der Waals surface area contributed by atoms with Gasteiger partial charge >= 0.3 is 0 Å². The molecule has 2 rings (SSSR count). The first-order valence-electron chi connectivity index (χ1n) is 9.51. The van der Waals surface area contributed by atoms with E-state index in [0.29, 0.717) is 0 Å². The summed E-state index contributed by atoms with van der Waals surface area (Å²) >= 11 is 1.83. The van der Waals surface area contributed by atoms with Crippen LogP contribution in [0.1, 0.15) is 61.3 Å². The lowest BCUT2D eigenvalue weighted by Gasteiger charge is -2.25. The lowest BCUT2D eigenvalue weighted by atomic mass is 9.82. The number of hydrogen-bond acceptors (Lipinski definition) is 3. The van der Waals surface area contributed by atoms with Gasteiger partial charge in [-0.2, -0.15) is 11.8 Å². The topological polar surface area (TPSA) is 34.1 Å². The van der Waals surface area contributed by atoms with Gasteiger partial charge in [0.05, 0.1) is 0 Å². The Morgan fingerprint density at radius 2 is 1.00 bits per heavy atom. The molecule has 0 aliphatic heterocycles. The van der Waals surface area contributed by atoms with Crippen molar-refractivity contribution >= 4 is 23.3 Å². The third-order valence-corrected chi connectivity index (χ3v) is 6.03. The first-order chi connectivity index (χ1) is 12.7. The Hall–Kier alpha value is -1.87. The first kappa shape index (κ1) is 21.4. The molecule has 0 radical (unpaired) electrons. The predicted octanol–water partition coefficient (Wildman–Crippen LogP) is 6.32. The van der Waals surface area contributed by atoms with Gasteiger partial charge in [0, 0.05) is 22.0 Å². The van der Waals surface area contributed by atoms with Gasteiger partial charge < -0.3 is 0 Å². The summed E-state index contributed by atoms with van der Waals surface area (Å²) in [5, 5.41) is 0. The highest BCUT2D eigenvalue weighted by Crippen LogP contribution is 2.31. The third-order valence-electron chi connectivity index (χ3n) is 5.04. The van der Waals surface area contributed by atoms with Crippen molar-refractivity contribution in [1.82, 2.24) is 0 Å². The van der Waals surface area contributed by atoms with E-state index in [2.05, 4.69) is 0 Å². The van der Waals surface area contributed by atoms with E-state index in [-0.39, 0.29) is 22.4 Å². The molecule has 0 aliphatic carbocycles. The Kier molecular flexibility index (Phi) is 7.43.